The Kier molecular flexibility index (Phi) is 7.12. The summed E-state index contributed by atoms with van der Waals surface area (Å²) < 4.78 is 0. The van der Waals surface area contributed by atoms with Crippen LogP contribution < -0.4 is 11.1 Å². The molecule has 1 atom stereocenters. The van der Waals surface area contributed by atoms with Crippen LogP contribution in [0.1, 0.15) is 29.2 Å². The SMILES string of the molecule is Cc1ccccc1CN1CCN(C(=O)CC(NC(N)=O)c2ccc(Cl)cc2)CC1. The first-order valence-corrected chi connectivity index (χ1v) is 10.2. The number of hydrogen-bond acceptors (Lipinski definition) is 3. The lowest BCUT2D eigenvalue weighted by Crippen LogP contribution is -2.49. The Bertz CT molecular complexity index is 848. The van der Waals surface area contributed by atoms with Crippen molar-refractivity contribution in [1.29, 1.82) is 0 Å². The van der Waals surface area contributed by atoms with Crippen molar-refractivity contribution in [2.45, 2.75) is 25.9 Å². The molecule has 1 fully saturated rings. The van der Waals surface area contributed by atoms with Crippen LogP contribution in [0.4, 0.5) is 4.79 Å². The van der Waals surface area contributed by atoms with Crippen LogP contribution >= 0.6 is 11.6 Å². The number of benzene rings is 2. The second-order valence-electron chi connectivity index (χ2n) is 7.40. The van der Waals surface area contributed by atoms with Gasteiger partial charge in [-0.1, -0.05) is 48.0 Å². The molecule has 0 aromatic heterocycles. The summed E-state index contributed by atoms with van der Waals surface area (Å²) in [5.41, 5.74) is 8.72. The van der Waals surface area contributed by atoms with Gasteiger partial charge in [-0.25, -0.2) is 4.79 Å². The van der Waals surface area contributed by atoms with Gasteiger partial charge in [0.25, 0.3) is 0 Å². The van der Waals surface area contributed by atoms with Gasteiger partial charge in [-0.05, 0) is 35.7 Å². The molecule has 3 rings (SSSR count). The standard InChI is InChI=1S/C22H27ClN4O2/c1-16-4-2-3-5-18(16)15-26-10-12-27(13-11-26)21(28)14-20(25-22(24)29)17-6-8-19(23)9-7-17/h2-9,20H,10-15H2,1H3,(H3,24,25,29). The highest BCUT2D eigenvalue weighted by molar-refractivity contribution is 6.30. The predicted molar refractivity (Wildman–Crippen MR) is 115 cm³/mol. The number of piperazine rings is 1. The first kappa shape index (κ1) is 21.1. The van der Waals surface area contributed by atoms with Crippen LogP contribution in [0.2, 0.25) is 5.02 Å². The minimum atomic E-state index is -0.652. The number of primary amides is 1. The van der Waals surface area contributed by atoms with Crippen LogP contribution in [0.15, 0.2) is 48.5 Å². The number of urea groups is 1. The summed E-state index contributed by atoms with van der Waals surface area (Å²) in [5.74, 6) is 0.00856. The van der Waals surface area contributed by atoms with Gasteiger partial charge in [-0.15, -0.1) is 0 Å². The van der Waals surface area contributed by atoms with Crippen molar-refractivity contribution in [2.75, 3.05) is 26.2 Å². The molecule has 2 aromatic carbocycles. The van der Waals surface area contributed by atoms with Crippen LogP contribution in [0, 0.1) is 6.92 Å². The maximum absolute atomic E-state index is 12.8. The van der Waals surface area contributed by atoms with E-state index in [4.69, 9.17) is 17.3 Å². The van der Waals surface area contributed by atoms with Crippen LogP contribution in [0.5, 0.6) is 0 Å². The Labute approximate surface area is 176 Å². The molecule has 1 saturated heterocycles. The second-order valence-corrected chi connectivity index (χ2v) is 7.84. The molecule has 154 valence electrons. The zero-order chi connectivity index (χ0) is 20.8. The molecule has 0 aliphatic carbocycles. The molecule has 0 saturated carbocycles. The molecular weight excluding hydrogens is 388 g/mol. The van der Waals surface area contributed by atoms with Gasteiger partial charge in [0.05, 0.1) is 12.5 Å². The van der Waals surface area contributed by atoms with Crippen molar-refractivity contribution in [1.82, 2.24) is 15.1 Å². The number of nitrogens with zero attached hydrogens (tertiary/aromatic N) is 2. The molecule has 1 aliphatic rings. The minimum Gasteiger partial charge on any atom is -0.352 e. The first-order chi connectivity index (χ1) is 13.9. The number of aryl methyl sites for hydroxylation is 1. The fraction of sp³-hybridized carbons (Fsp3) is 0.364. The van der Waals surface area contributed by atoms with Crippen molar-refractivity contribution in [2.24, 2.45) is 5.73 Å². The van der Waals surface area contributed by atoms with E-state index in [9.17, 15) is 9.59 Å². The number of carbonyl (C=O) groups excluding carboxylic acids is 2. The predicted octanol–water partition coefficient (Wildman–Crippen LogP) is 3.09. The van der Waals surface area contributed by atoms with Crippen molar-refractivity contribution in [3.63, 3.8) is 0 Å². The maximum Gasteiger partial charge on any atom is 0.312 e. The molecular formula is C22H27ClN4O2. The van der Waals surface area contributed by atoms with Crippen molar-refractivity contribution in [3.05, 3.63) is 70.2 Å². The van der Waals surface area contributed by atoms with Gasteiger partial charge in [0, 0.05) is 37.7 Å². The first-order valence-electron chi connectivity index (χ1n) is 9.78. The molecule has 6 nitrogen and oxygen atoms in total. The Morgan fingerprint density at radius 1 is 1.07 bits per heavy atom. The lowest BCUT2D eigenvalue weighted by atomic mass is 10.0. The fourth-order valence-corrected chi connectivity index (χ4v) is 3.73. The van der Waals surface area contributed by atoms with E-state index in [1.165, 1.54) is 11.1 Å². The largest absolute Gasteiger partial charge is 0.352 e. The third-order valence-corrected chi connectivity index (χ3v) is 5.60. The molecule has 1 unspecified atom stereocenters. The lowest BCUT2D eigenvalue weighted by Gasteiger charge is -2.35. The lowest BCUT2D eigenvalue weighted by molar-refractivity contribution is -0.133. The molecule has 0 bridgehead atoms. The summed E-state index contributed by atoms with van der Waals surface area (Å²) in [6, 6.07) is 14.3. The quantitative estimate of drug-likeness (QED) is 0.762. The molecule has 0 radical (unpaired) electrons. The van der Waals surface area contributed by atoms with E-state index in [-0.39, 0.29) is 12.3 Å². The summed E-state index contributed by atoms with van der Waals surface area (Å²) in [5, 5.41) is 3.27. The van der Waals surface area contributed by atoms with Crippen LogP contribution in [0.25, 0.3) is 0 Å². The van der Waals surface area contributed by atoms with Crippen LogP contribution in [0.3, 0.4) is 0 Å². The van der Waals surface area contributed by atoms with Crippen molar-refractivity contribution >= 4 is 23.5 Å². The molecule has 2 aromatic rings. The van der Waals surface area contributed by atoms with E-state index >= 15 is 0 Å². The number of nitrogens with two attached hydrogens (primary N) is 1. The van der Waals surface area contributed by atoms with Gasteiger partial charge in [0.15, 0.2) is 0 Å². The summed E-state index contributed by atoms with van der Waals surface area (Å²) in [4.78, 5) is 28.5. The Morgan fingerprint density at radius 2 is 1.72 bits per heavy atom. The number of amides is 3. The Morgan fingerprint density at radius 3 is 2.34 bits per heavy atom. The zero-order valence-corrected chi connectivity index (χ0v) is 17.4. The Hall–Kier alpha value is -2.57. The monoisotopic (exact) mass is 414 g/mol. The van der Waals surface area contributed by atoms with Gasteiger partial charge in [0.2, 0.25) is 5.91 Å². The molecule has 0 spiro atoms. The maximum atomic E-state index is 12.8. The smallest absolute Gasteiger partial charge is 0.312 e. The summed E-state index contributed by atoms with van der Waals surface area (Å²) in [7, 11) is 0. The van der Waals surface area contributed by atoms with Gasteiger partial charge in [-0.3, -0.25) is 9.69 Å². The molecule has 7 heteroatoms. The highest BCUT2D eigenvalue weighted by atomic mass is 35.5. The molecule has 3 N–H and O–H groups in total. The van der Waals surface area contributed by atoms with Gasteiger partial charge in [-0.2, -0.15) is 0 Å². The average molecular weight is 415 g/mol. The van der Waals surface area contributed by atoms with Crippen molar-refractivity contribution in [3.8, 4) is 0 Å². The van der Waals surface area contributed by atoms with Crippen LogP contribution in [-0.4, -0.2) is 47.9 Å². The number of rotatable bonds is 6. The molecule has 29 heavy (non-hydrogen) atoms. The van der Waals surface area contributed by atoms with E-state index in [1.807, 2.05) is 11.0 Å². The highest BCUT2D eigenvalue weighted by Gasteiger charge is 2.25. The minimum absolute atomic E-state index is 0.00856. The molecule has 1 aliphatic heterocycles. The third kappa shape index (κ3) is 5.95. The Balaban J connectivity index is 1.56. The summed E-state index contributed by atoms with van der Waals surface area (Å²) in [6.45, 7) is 6.02. The number of nitrogens with one attached hydrogen (secondary N) is 1. The number of halogens is 1. The normalized spacial score (nSPS) is 15.7. The van der Waals surface area contributed by atoms with Gasteiger partial charge in [0.1, 0.15) is 0 Å². The van der Waals surface area contributed by atoms with Gasteiger partial charge < -0.3 is 16.0 Å². The van der Waals surface area contributed by atoms with E-state index in [2.05, 4.69) is 35.3 Å². The highest BCUT2D eigenvalue weighted by Crippen LogP contribution is 2.21. The van der Waals surface area contributed by atoms with Crippen LogP contribution in [-0.2, 0) is 11.3 Å². The van der Waals surface area contributed by atoms with Crippen molar-refractivity contribution < 1.29 is 9.59 Å². The van der Waals surface area contributed by atoms with E-state index in [0.29, 0.717) is 18.1 Å². The second kappa shape index (κ2) is 9.76. The molecule has 3 amide bonds. The zero-order valence-electron chi connectivity index (χ0n) is 16.6. The summed E-state index contributed by atoms with van der Waals surface area (Å²) >= 11 is 5.94. The summed E-state index contributed by atoms with van der Waals surface area (Å²) in [6.07, 6.45) is 0.169. The molecule has 1 heterocycles. The third-order valence-electron chi connectivity index (χ3n) is 5.35. The fourth-order valence-electron chi connectivity index (χ4n) is 3.61. The van der Waals surface area contributed by atoms with Gasteiger partial charge >= 0.3 is 6.03 Å². The van der Waals surface area contributed by atoms with E-state index in [0.717, 1.165) is 25.2 Å². The van der Waals surface area contributed by atoms with E-state index in [1.54, 1.807) is 24.3 Å². The average Bonchev–Trinajstić information content (AvgIpc) is 2.70. The number of hydrogen-bond donors (Lipinski definition) is 2. The topological polar surface area (TPSA) is 78.7 Å². The number of carbonyl (C=O) groups is 2. The van der Waals surface area contributed by atoms with E-state index < -0.39 is 12.1 Å².